The van der Waals surface area contributed by atoms with Crippen molar-refractivity contribution in [3.63, 3.8) is 0 Å². The molecule has 0 fully saturated rings. The molecule has 15 heavy (non-hydrogen) atoms. The summed E-state index contributed by atoms with van der Waals surface area (Å²) >= 11 is 0. The van der Waals surface area contributed by atoms with E-state index in [0.717, 1.165) is 12.1 Å². The van der Waals surface area contributed by atoms with Crippen molar-refractivity contribution in [3.8, 4) is 0 Å². The number of rotatable bonds is 1. The number of nitrogens with two attached hydrogens (primary N) is 1. The van der Waals surface area contributed by atoms with Gasteiger partial charge >= 0.3 is 0 Å². The third-order valence-electron chi connectivity index (χ3n) is 2.67. The van der Waals surface area contributed by atoms with Crippen molar-refractivity contribution in [3.05, 3.63) is 65.4 Å². The second kappa shape index (κ2) is 4.18. The minimum absolute atomic E-state index is 0.886. The molecular formula is C14H15N. The highest BCUT2D eigenvalue weighted by Gasteiger charge is 2.02. The standard InChI is InChI=1S/C14H15N/c1-11-7-8-13(9-10-14(11)15)12-5-3-2-4-6-12/h2-6,8-10H,7,15H2,1H3. The summed E-state index contributed by atoms with van der Waals surface area (Å²) in [7, 11) is 0. The Kier molecular flexibility index (Phi) is 2.72. The highest BCUT2D eigenvalue weighted by molar-refractivity contribution is 5.75. The fourth-order valence-corrected chi connectivity index (χ4v) is 1.62. The van der Waals surface area contributed by atoms with Crippen molar-refractivity contribution in [2.75, 3.05) is 0 Å². The van der Waals surface area contributed by atoms with Crippen LogP contribution in [0.4, 0.5) is 0 Å². The Morgan fingerprint density at radius 2 is 1.80 bits per heavy atom. The van der Waals surface area contributed by atoms with Gasteiger partial charge in [-0.1, -0.05) is 42.5 Å². The maximum absolute atomic E-state index is 5.88. The molecule has 1 heteroatoms. The minimum atomic E-state index is 0.886. The summed E-state index contributed by atoms with van der Waals surface area (Å²) in [6.45, 7) is 2.07. The first kappa shape index (κ1) is 9.78. The number of benzene rings is 1. The minimum Gasteiger partial charge on any atom is -0.399 e. The van der Waals surface area contributed by atoms with Crippen molar-refractivity contribution < 1.29 is 0 Å². The van der Waals surface area contributed by atoms with E-state index in [1.807, 2.05) is 12.1 Å². The van der Waals surface area contributed by atoms with Crippen molar-refractivity contribution in [2.24, 2.45) is 5.73 Å². The average Bonchev–Trinajstić information content (AvgIpc) is 2.44. The van der Waals surface area contributed by atoms with Gasteiger partial charge in [0.1, 0.15) is 0 Å². The van der Waals surface area contributed by atoms with Gasteiger partial charge in [0.05, 0.1) is 0 Å². The maximum atomic E-state index is 5.88. The zero-order valence-corrected chi connectivity index (χ0v) is 8.90. The summed E-state index contributed by atoms with van der Waals surface area (Å²) in [6.07, 6.45) is 7.23. The largest absolute Gasteiger partial charge is 0.399 e. The van der Waals surface area contributed by atoms with Gasteiger partial charge in [-0.25, -0.2) is 0 Å². The first-order chi connectivity index (χ1) is 7.27. The van der Waals surface area contributed by atoms with E-state index in [0.29, 0.717) is 0 Å². The smallest absolute Gasteiger partial charge is 0.0306 e. The normalized spacial score (nSPS) is 16.2. The lowest BCUT2D eigenvalue weighted by molar-refractivity contribution is 1.16. The lowest BCUT2D eigenvalue weighted by Gasteiger charge is -2.00. The predicted octanol–water partition coefficient (Wildman–Crippen LogP) is 3.26. The van der Waals surface area contributed by atoms with E-state index in [4.69, 9.17) is 5.73 Å². The molecule has 0 radical (unpaired) electrons. The summed E-state index contributed by atoms with van der Waals surface area (Å²) < 4.78 is 0. The van der Waals surface area contributed by atoms with Gasteiger partial charge in [-0.05, 0) is 36.1 Å². The quantitative estimate of drug-likeness (QED) is 0.734. The van der Waals surface area contributed by atoms with Crippen LogP contribution in [0.15, 0.2) is 59.8 Å². The van der Waals surface area contributed by atoms with Crippen LogP contribution in [0.5, 0.6) is 0 Å². The lowest BCUT2D eigenvalue weighted by Crippen LogP contribution is -1.95. The fraction of sp³-hybridized carbons (Fsp3) is 0.143. The molecule has 1 aliphatic rings. The van der Waals surface area contributed by atoms with Crippen LogP contribution in [0.25, 0.3) is 5.57 Å². The van der Waals surface area contributed by atoms with E-state index in [9.17, 15) is 0 Å². The number of allylic oxidation sites excluding steroid dienone is 5. The Labute approximate surface area is 90.6 Å². The second-order valence-corrected chi connectivity index (χ2v) is 3.80. The van der Waals surface area contributed by atoms with Gasteiger partial charge in [0.15, 0.2) is 0 Å². The Hall–Kier alpha value is -1.76. The van der Waals surface area contributed by atoms with Crippen molar-refractivity contribution in [2.45, 2.75) is 13.3 Å². The maximum Gasteiger partial charge on any atom is 0.0306 e. The Bertz CT molecular complexity index is 436. The van der Waals surface area contributed by atoms with E-state index in [1.54, 1.807) is 0 Å². The molecule has 0 aromatic heterocycles. The van der Waals surface area contributed by atoms with Crippen molar-refractivity contribution >= 4 is 5.57 Å². The van der Waals surface area contributed by atoms with Crippen molar-refractivity contribution in [1.82, 2.24) is 0 Å². The summed E-state index contributed by atoms with van der Waals surface area (Å²) in [5.41, 5.74) is 10.5. The Morgan fingerprint density at radius 1 is 1.07 bits per heavy atom. The van der Waals surface area contributed by atoms with Crippen LogP contribution in [0.1, 0.15) is 18.9 Å². The van der Waals surface area contributed by atoms with E-state index >= 15 is 0 Å². The van der Waals surface area contributed by atoms with E-state index in [1.165, 1.54) is 16.7 Å². The third-order valence-corrected chi connectivity index (χ3v) is 2.67. The molecule has 0 aliphatic heterocycles. The Balaban J connectivity index is 2.32. The molecule has 0 heterocycles. The molecule has 0 amide bonds. The van der Waals surface area contributed by atoms with Crippen LogP contribution >= 0.6 is 0 Å². The highest BCUT2D eigenvalue weighted by atomic mass is 14.6. The highest BCUT2D eigenvalue weighted by Crippen LogP contribution is 2.21. The average molecular weight is 197 g/mol. The molecule has 1 aromatic carbocycles. The molecule has 1 aliphatic carbocycles. The predicted molar refractivity (Wildman–Crippen MR) is 65.1 cm³/mol. The first-order valence-electron chi connectivity index (χ1n) is 5.16. The lowest BCUT2D eigenvalue weighted by atomic mass is 10.0. The van der Waals surface area contributed by atoms with Crippen LogP contribution in [-0.4, -0.2) is 0 Å². The van der Waals surface area contributed by atoms with Gasteiger partial charge in [0.25, 0.3) is 0 Å². The molecule has 2 N–H and O–H groups in total. The van der Waals surface area contributed by atoms with E-state index in [-0.39, 0.29) is 0 Å². The van der Waals surface area contributed by atoms with Crippen LogP contribution < -0.4 is 5.73 Å². The number of hydrogen-bond acceptors (Lipinski definition) is 1. The van der Waals surface area contributed by atoms with Crippen LogP contribution in [0.3, 0.4) is 0 Å². The van der Waals surface area contributed by atoms with E-state index in [2.05, 4.69) is 43.3 Å². The summed E-state index contributed by atoms with van der Waals surface area (Å²) in [4.78, 5) is 0. The molecule has 0 saturated heterocycles. The Morgan fingerprint density at radius 3 is 2.53 bits per heavy atom. The van der Waals surface area contributed by atoms with Crippen LogP contribution in [0, 0.1) is 0 Å². The van der Waals surface area contributed by atoms with Gasteiger partial charge in [0.2, 0.25) is 0 Å². The van der Waals surface area contributed by atoms with E-state index < -0.39 is 0 Å². The van der Waals surface area contributed by atoms with Crippen LogP contribution in [-0.2, 0) is 0 Å². The SMILES string of the molecule is CC1=C(N)C=CC(c2ccccc2)=CC1. The molecular weight excluding hydrogens is 182 g/mol. The van der Waals surface area contributed by atoms with Gasteiger partial charge in [0, 0.05) is 5.70 Å². The molecule has 1 nitrogen and oxygen atoms in total. The topological polar surface area (TPSA) is 26.0 Å². The van der Waals surface area contributed by atoms with Gasteiger partial charge < -0.3 is 5.73 Å². The molecule has 0 atom stereocenters. The monoisotopic (exact) mass is 197 g/mol. The van der Waals surface area contributed by atoms with Gasteiger partial charge in [-0.3, -0.25) is 0 Å². The number of hydrogen-bond donors (Lipinski definition) is 1. The van der Waals surface area contributed by atoms with Gasteiger partial charge in [-0.15, -0.1) is 0 Å². The van der Waals surface area contributed by atoms with Crippen molar-refractivity contribution in [1.29, 1.82) is 0 Å². The molecule has 0 saturated carbocycles. The first-order valence-corrected chi connectivity index (χ1v) is 5.16. The molecule has 2 rings (SSSR count). The van der Waals surface area contributed by atoms with Gasteiger partial charge in [-0.2, -0.15) is 0 Å². The molecule has 0 spiro atoms. The third kappa shape index (κ3) is 2.18. The molecule has 76 valence electrons. The molecule has 1 aromatic rings. The fourth-order valence-electron chi connectivity index (χ4n) is 1.62. The summed E-state index contributed by atoms with van der Waals surface area (Å²) in [6, 6.07) is 10.4. The zero-order chi connectivity index (χ0) is 10.7. The molecule has 0 bridgehead atoms. The molecule has 0 unspecified atom stereocenters. The van der Waals surface area contributed by atoms with Crippen LogP contribution in [0.2, 0.25) is 0 Å². The summed E-state index contributed by atoms with van der Waals surface area (Å²) in [5, 5.41) is 0. The second-order valence-electron chi connectivity index (χ2n) is 3.80. The summed E-state index contributed by atoms with van der Waals surface area (Å²) in [5.74, 6) is 0. The zero-order valence-electron chi connectivity index (χ0n) is 8.90.